The zero-order valence-electron chi connectivity index (χ0n) is 15.8. The Kier molecular flexibility index (Phi) is 5.37. The number of fused-ring (bicyclic) bond motifs is 1. The van der Waals surface area contributed by atoms with Crippen LogP contribution in [0.25, 0.3) is 0 Å². The van der Waals surface area contributed by atoms with Gasteiger partial charge in [0.15, 0.2) is 0 Å². The molecular formula is C22H24N4O2. The molecule has 0 saturated heterocycles. The van der Waals surface area contributed by atoms with Crippen molar-refractivity contribution >= 4 is 5.91 Å². The van der Waals surface area contributed by atoms with Crippen molar-refractivity contribution in [1.29, 1.82) is 0 Å². The number of rotatable bonds is 5. The van der Waals surface area contributed by atoms with Gasteiger partial charge in [0.1, 0.15) is 17.4 Å². The lowest BCUT2D eigenvalue weighted by molar-refractivity contribution is -0.130. The van der Waals surface area contributed by atoms with E-state index in [1.54, 1.807) is 24.3 Å². The average molecular weight is 376 g/mol. The third-order valence-corrected chi connectivity index (χ3v) is 5.23. The van der Waals surface area contributed by atoms with E-state index in [4.69, 9.17) is 0 Å². The van der Waals surface area contributed by atoms with Crippen molar-refractivity contribution in [3.05, 3.63) is 77.4 Å². The summed E-state index contributed by atoms with van der Waals surface area (Å²) in [6.07, 6.45) is 2.85. The lowest BCUT2D eigenvalue weighted by atomic mass is 10.1. The molecule has 144 valence electrons. The summed E-state index contributed by atoms with van der Waals surface area (Å²) < 4.78 is 2.18. The number of phenolic OH excluding ortho intramolecular Hbond substituents is 1. The highest BCUT2D eigenvalue weighted by Crippen LogP contribution is 2.15. The van der Waals surface area contributed by atoms with Gasteiger partial charge in [0.25, 0.3) is 0 Å². The van der Waals surface area contributed by atoms with E-state index in [2.05, 4.69) is 39.0 Å². The Hall–Kier alpha value is -3.15. The molecule has 3 aromatic rings. The third kappa shape index (κ3) is 4.22. The van der Waals surface area contributed by atoms with Crippen LogP contribution in [-0.4, -0.2) is 43.8 Å². The first kappa shape index (κ1) is 18.2. The Balaban J connectivity index is 1.37. The number of phenols is 1. The lowest BCUT2D eigenvalue weighted by Gasteiger charge is -2.20. The summed E-state index contributed by atoms with van der Waals surface area (Å²) in [5.74, 6) is 2.27. The first-order valence-electron chi connectivity index (χ1n) is 9.69. The minimum atomic E-state index is 0.107. The highest BCUT2D eigenvalue weighted by atomic mass is 16.3. The van der Waals surface area contributed by atoms with Crippen LogP contribution in [0.5, 0.6) is 5.75 Å². The molecule has 1 N–H and O–H groups in total. The van der Waals surface area contributed by atoms with Crippen LogP contribution in [-0.2, 0) is 37.0 Å². The van der Waals surface area contributed by atoms with Gasteiger partial charge in [0.2, 0.25) is 5.91 Å². The second-order valence-corrected chi connectivity index (χ2v) is 7.14. The standard InChI is InChI=1S/C22H24N4O2/c27-19-9-6-18(7-10-19)16-22(28)25-13-12-21-24-23-20(26(21)15-14-25)11-8-17-4-2-1-3-5-17/h1-7,9-10,27H,8,11-16H2. The molecule has 0 spiro atoms. The molecular weight excluding hydrogens is 352 g/mol. The average Bonchev–Trinajstić information content (AvgIpc) is 2.97. The molecule has 6 nitrogen and oxygen atoms in total. The molecule has 0 fully saturated rings. The van der Waals surface area contributed by atoms with Crippen LogP contribution >= 0.6 is 0 Å². The van der Waals surface area contributed by atoms with E-state index in [1.165, 1.54) is 5.56 Å². The van der Waals surface area contributed by atoms with Crippen molar-refractivity contribution in [3.8, 4) is 5.75 Å². The van der Waals surface area contributed by atoms with Crippen LogP contribution < -0.4 is 0 Å². The first-order chi connectivity index (χ1) is 13.7. The van der Waals surface area contributed by atoms with E-state index in [0.29, 0.717) is 19.5 Å². The highest BCUT2D eigenvalue weighted by molar-refractivity contribution is 5.78. The van der Waals surface area contributed by atoms with E-state index in [9.17, 15) is 9.90 Å². The number of hydrogen-bond acceptors (Lipinski definition) is 4. The molecule has 0 atom stereocenters. The highest BCUT2D eigenvalue weighted by Gasteiger charge is 2.21. The summed E-state index contributed by atoms with van der Waals surface area (Å²) in [5, 5.41) is 18.1. The van der Waals surface area contributed by atoms with Crippen LogP contribution in [0.2, 0.25) is 0 Å². The number of hydrogen-bond donors (Lipinski definition) is 1. The minimum Gasteiger partial charge on any atom is -0.508 e. The summed E-state index contributed by atoms with van der Waals surface area (Å²) in [7, 11) is 0. The van der Waals surface area contributed by atoms with E-state index in [0.717, 1.165) is 43.0 Å². The molecule has 2 heterocycles. The number of nitrogens with zero attached hydrogens (tertiary/aromatic N) is 4. The molecule has 0 radical (unpaired) electrons. The Morgan fingerprint density at radius 3 is 2.46 bits per heavy atom. The lowest BCUT2D eigenvalue weighted by Crippen LogP contribution is -2.34. The molecule has 0 unspecified atom stereocenters. The fourth-order valence-electron chi connectivity index (χ4n) is 3.62. The molecule has 0 aliphatic carbocycles. The molecule has 2 aromatic carbocycles. The Morgan fingerprint density at radius 1 is 0.893 bits per heavy atom. The SMILES string of the molecule is O=C(Cc1ccc(O)cc1)N1CCc2nnc(CCc3ccccc3)n2CC1. The minimum absolute atomic E-state index is 0.107. The molecule has 1 aliphatic rings. The van der Waals surface area contributed by atoms with Gasteiger partial charge >= 0.3 is 0 Å². The number of benzene rings is 2. The number of carbonyl (C=O) groups excluding carboxylic acids is 1. The van der Waals surface area contributed by atoms with Gasteiger partial charge in [-0.1, -0.05) is 42.5 Å². The van der Waals surface area contributed by atoms with Gasteiger partial charge in [-0.2, -0.15) is 0 Å². The van der Waals surface area contributed by atoms with Crippen molar-refractivity contribution in [2.45, 2.75) is 32.2 Å². The van der Waals surface area contributed by atoms with E-state index >= 15 is 0 Å². The number of amides is 1. The van der Waals surface area contributed by atoms with Crippen LogP contribution in [0.15, 0.2) is 54.6 Å². The maximum Gasteiger partial charge on any atom is 0.227 e. The predicted molar refractivity (Wildman–Crippen MR) is 106 cm³/mol. The molecule has 0 bridgehead atoms. The van der Waals surface area contributed by atoms with Gasteiger partial charge in [-0.25, -0.2) is 0 Å². The second-order valence-electron chi connectivity index (χ2n) is 7.14. The normalized spacial score (nSPS) is 13.8. The quantitative estimate of drug-likeness (QED) is 0.742. The molecule has 1 aromatic heterocycles. The van der Waals surface area contributed by atoms with Gasteiger partial charge in [-0.3, -0.25) is 4.79 Å². The zero-order chi connectivity index (χ0) is 19.3. The number of aryl methyl sites for hydroxylation is 2. The molecule has 0 saturated carbocycles. The number of carbonyl (C=O) groups is 1. The fourth-order valence-corrected chi connectivity index (χ4v) is 3.62. The monoisotopic (exact) mass is 376 g/mol. The predicted octanol–water partition coefficient (Wildman–Crippen LogP) is 2.40. The van der Waals surface area contributed by atoms with Crippen LogP contribution in [0, 0.1) is 0 Å². The van der Waals surface area contributed by atoms with Crippen LogP contribution in [0.1, 0.15) is 22.8 Å². The fraction of sp³-hybridized carbons (Fsp3) is 0.318. The summed E-state index contributed by atoms with van der Waals surface area (Å²) in [5.41, 5.74) is 2.20. The molecule has 6 heteroatoms. The van der Waals surface area contributed by atoms with Gasteiger partial charge in [-0.15, -0.1) is 10.2 Å². The van der Waals surface area contributed by atoms with Crippen LogP contribution in [0.4, 0.5) is 0 Å². The van der Waals surface area contributed by atoms with Crippen LogP contribution in [0.3, 0.4) is 0 Å². The van der Waals surface area contributed by atoms with Crippen molar-refractivity contribution in [2.75, 3.05) is 13.1 Å². The summed E-state index contributed by atoms with van der Waals surface area (Å²) >= 11 is 0. The zero-order valence-corrected chi connectivity index (χ0v) is 15.8. The summed E-state index contributed by atoms with van der Waals surface area (Å²) in [6.45, 7) is 2.06. The van der Waals surface area contributed by atoms with Crippen molar-refractivity contribution in [3.63, 3.8) is 0 Å². The second kappa shape index (κ2) is 8.25. The number of aromatic nitrogens is 3. The summed E-state index contributed by atoms with van der Waals surface area (Å²) in [6, 6.07) is 17.2. The van der Waals surface area contributed by atoms with Gasteiger partial charge in [-0.05, 0) is 29.7 Å². The maximum atomic E-state index is 12.7. The smallest absolute Gasteiger partial charge is 0.227 e. The Labute approximate surface area is 164 Å². The maximum absolute atomic E-state index is 12.7. The van der Waals surface area contributed by atoms with E-state index < -0.39 is 0 Å². The topological polar surface area (TPSA) is 71.2 Å². The Bertz CT molecular complexity index is 935. The van der Waals surface area contributed by atoms with E-state index in [-0.39, 0.29) is 11.7 Å². The first-order valence-corrected chi connectivity index (χ1v) is 9.69. The number of aromatic hydroxyl groups is 1. The van der Waals surface area contributed by atoms with Crippen molar-refractivity contribution in [2.24, 2.45) is 0 Å². The van der Waals surface area contributed by atoms with E-state index in [1.807, 2.05) is 11.0 Å². The molecule has 4 rings (SSSR count). The largest absolute Gasteiger partial charge is 0.508 e. The Morgan fingerprint density at radius 2 is 1.68 bits per heavy atom. The van der Waals surface area contributed by atoms with Gasteiger partial charge in [0.05, 0.1) is 6.42 Å². The molecule has 1 amide bonds. The van der Waals surface area contributed by atoms with Gasteiger partial charge < -0.3 is 14.6 Å². The third-order valence-electron chi connectivity index (χ3n) is 5.23. The summed E-state index contributed by atoms with van der Waals surface area (Å²) in [4.78, 5) is 14.6. The van der Waals surface area contributed by atoms with Crippen molar-refractivity contribution < 1.29 is 9.90 Å². The molecule has 1 aliphatic heterocycles. The van der Waals surface area contributed by atoms with Crippen molar-refractivity contribution in [1.82, 2.24) is 19.7 Å². The van der Waals surface area contributed by atoms with Gasteiger partial charge in [0, 0.05) is 32.5 Å². The molecule has 28 heavy (non-hydrogen) atoms.